The molecule has 28 heavy (non-hydrogen) atoms. The number of hydrogen-bond donors (Lipinski definition) is 0. The van der Waals surface area contributed by atoms with Gasteiger partial charge in [-0.1, -0.05) is 48.5 Å². The molecule has 0 aliphatic carbocycles. The van der Waals surface area contributed by atoms with Crippen LogP contribution < -0.4 is 4.74 Å². The van der Waals surface area contributed by atoms with Crippen molar-refractivity contribution in [3.05, 3.63) is 114 Å². The van der Waals surface area contributed by atoms with E-state index in [1.165, 1.54) is 11.6 Å². The van der Waals surface area contributed by atoms with Crippen molar-refractivity contribution in [1.82, 2.24) is 4.90 Å². The summed E-state index contributed by atoms with van der Waals surface area (Å²) in [6.45, 7) is 0.721. The Morgan fingerprint density at radius 1 is 0.821 bits per heavy atom. The average molecular weight is 371 g/mol. The molecule has 0 aliphatic rings. The number of esters is 1. The molecular formula is C24H21NO3. The van der Waals surface area contributed by atoms with Crippen molar-refractivity contribution in [3.8, 4) is 5.75 Å². The van der Waals surface area contributed by atoms with Gasteiger partial charge in [0, 0.05) is 31.4 Å². The summed E-state index contributed by atoms with van der Waals surface area (Å²) < 4.78 is 5.32. The molecule has 0 amide bonds. The third-order valence-electron chi connectivity index (χ3n) is 4.11. The van der Waals surface area contributed by atoms with Crippen molar-refractivity contribution in [3.63, 3.8) is 0 Å². The highest BCUT2D eigenvalue weighted by molar-refractivity contribution is 6.04. The zero-order valence-electron chi connectivity index (χ0n) is 15.6. The molecule has 0 spiro atoms. The molecule has 140 valence electrons. The molecule has 4 heteroatoms. The van der Waals surface area contributed by atoms with E-state index in [9.17, 15) is 9.59 Å². The first-order chi connectivity index (χ1) is 13.6. The molecule has 0 fully saturated rings. The van der Waals surface area contributed by atoms with Crippen molar-refractivity contribution in [1.29, 1.82) is 0 Å². The quantitative estimate of drug-likeness (QED) is 0.261. The maximum atomic E-state index is 12.3. The summed E-state index contributed by atoms with van der Waals surface area (Å²) in [7, 11) is 1.92. The van der Waals surface area contributed by atoms with Crippen molar-refractivity contribution < 1.29 is 14.3 Å². The summed E-state index contributed by atoms with van der Waals surface area (Å²) in [6, 6.07) is 25.4. The molecule has 0 unspecified atom stereocenters. The van der Waals surface area contributed by atoms with Crippen LogP contribution in [0.15, 0.2) is 97.2 Å². The van der Waals surface area contributed by atoms with Gasteiger partial charge in [0.05, 0.1) is 5.56 Å². The van der Waals surface area contributed by atoms with Gasteiger partial charge >= 0.3 is 5.97 Å². The van der Waals surface area contributed by atoms with E-state index in [0.29, 0.717) is 16.9 Å². The number of carbonyl (C=O) groups is 2. The number of benzene rings is 3. The summed E-state index contributed by atoms with van der Waals surface area (Å²) in [5, 5.41) is 0. The first kappa shape index (κ1) is 19.1. The van der Waals surface area contributed by atoms with Crippen LogP contribution in [0.4, 0.5) is 0 Å². The van der Waals surface area contributed by atoms with Crippen LogP contribution in [0.25, 0.3) is 0 Å². The van der Waals surface area contributed by atoms with E-state index in [4.69, 9.17) is 4.74 Å². The van der Waals surface area contributed by atoms with Crippen molar-refractivity contribution in [2.75, 3.05) is 7.05 Å². The highest BCUT2D eigenvalue weighted by Crippen LogP contribution is 2.15. The Hall–Kier alpha value is -3.66. The largest absolute Gasteiger partial charge is 0.423 e. The molecule has 0 saturated carbocycles. The lowest BCUT2D eigenvalue weighted by Gasteiger charge is -2.13. The number of allylic oxidation sites excluding steroid dienone is 1. The summed E-state index contributed by atoms with van der Waals surface area (Å²) in [6.07, 6.45) is 3.30. The van der Waals surface area contributed by atoms with E-state index >= 15 is 0 Å². The second-order valence-corrected chi connectivity index (χ2v) is 6.36. The molecule has 3 aromatic carbocycles. The molecule has 0 bridgehead atoms. The highest BCUT2D eigenvalue weighted by atomic mass is 16.5. The minimum absolute atomic E-state index is 0.110. The first-order valence-electron chi connectivity index (χ1n) is 8.96. The maximum Gasteiger partial charge on any atom is 0.343 e. The number of ether oxygens (including phenoxy) is 1. The van der Waals surface area contributed by atoms with Gasteiger partial charge in [-0.05, 0) is 42.0 Å². The van der Waals surface area contributed by atoms with Gasteiger partial charge in [0.1, 0.15) is 5.75 Å². The number of nitrogens with zero attached hydrogens (tertiary/aromatic N) is 1. The van der Waals surface area contributed by atoms with Gasteiger partial charge in [0.2, 0.25) is 0 Å². The minimum Gasteiger partial charge on any atom is -0.423 e. The molecule has 0 atom stereocenters. The summed E-state index contributed by atoms with van der Waals surface area (Å²) in [5.74, 6) is -0.140. The van der Waals surface area contributed by atoms with Crippen LogP contribution in [0, 0.1) is 0 Å². The predicted octanol–water partition coefficient (Wildman–Crippen LogP) is 4.73. The minimum atomic E-state index is -0.429. The lowest BCUT2D eigenvalue weighted by atomic mass is 10.1. The molecule has 0 aromatic heterocycles. The van der Waals surface area contributed by atoms with Gasteiger partial charge in [-0.2, -0.15) is 0 Å². The smallest absolute Gasteiger partial charge is 0.343 e. The van der Waals surface area contributed by atoms with Crippen LogP contribution in [0.3, 0.4) is 0 Å². The van der Waals surface area contributed by atoms with Crippen LogP contribution in [0.1, 0.15) is 26.3 Å². The Kier molecular flexibility index (Phi) is 6.37. The van der Waals surface area contributed by atoms with Crippen LogP contribution in [0.2, 0.25) is 0 Å². The lowest BCUT2D eigenvalue weighted by Crippen LogP contribution is -2.11. The Bertz CT molecular complexity index is 948. The van der Waals surface area contributed by atoms with E-state index in [-0.39, 0.29) is 5.78 Å². The number of carbonyl (C=O) groups excluding carboxylic acids is 2. The van der Waals surface area contributed by atoms with Crippen molar-refractivity contribution in [2.45, 2.75) is 6.54 Å². The topological polar surface area (TPSA) is 46.6 Å². The van der Waals surface area contributed by atoms with Gasteiger partial charge in [0.15, 0.2) is 5.78 Å². The van der Waals surface area contributed by atoms with Crippen molar-refractivity contribution in [2.24, 2.45) is 0 Å². The normalized spacial score (nSPS) is 10.6. The third-order valence-corrected chi connectivity index (χ3v) is 4.11. The molecule has 0 N–H and O–H groups in total. The fraction of sp³-hybridized carbons (Fsp3) is 0.0833. The number of rotatable bonds is 7. The van der Waals surface area contributed by atoms with Crippen LogP contribution in [-0.4, -0.2) is 23.7 Å². The van der Waals surface area contributed by atoms with Gasteiger partial charge in [-0.15, -0.1) is 0 Å². The van der Waals surface area contributed by atoms with Crippen molar-refractivity contribution >= 4 is 11.8 Å². The molecule has 0 radical (unpaired) electrons. The monoisotopic (exact) mass is 371 g/mol. The van der Waals surface area contributed by atoms with Gasteiger partial charge < -0.3 is 9.64 Å². The highest BCUT2D eigenvalue weighted by Gasteiger charge is 2.08. The van der Waals surface area contributed by atoms with E-state index < -0.39 is 5.97 Å². The SMILES string of the molecule is CN(/C=C\C(=O)c1ccc(OC(=O)c2ccccc2)cc1)Cc1ccccc1. The van der Waals surface area contributed by atoms with Crippen LogP contribution in [-0.2, 0) is 6.54 Å². The van der Waals surface area contributed by atoms with Crippen LogP contribution >= 0.6 is 0 Å². The Balaban J connectivity index is 1.56. The Morgan fingerprint density at radius 2 is 1.43 bits per heavy atom. The number of hydrogen-bond acceptors (Lipinski definition) is 4. The van der Waals surface area contributed by atoms with E-state index in [1.807, 2.05) is 48.3 Å². The Morgan fingerprint density at radius 3 is 2.07 bits per heavy atom. The standard InChI is InChI=1S/C24H21NO3/c1-25(18-19-8-4-2-5-9-19)17-16-23(26)20-12-14-22(15-13-20)28-24(27)21-10-6-3-7-11-21/h2-17H,18H2,1H3/b17-16-. The van der Waals surface area contributed by atoms with Gasteiger partial charge in [-0.3, -0.25) is 4.79 Å². The zero-order chi connectivity index (χ0) is 19.8. The zero-order valence-corrected chi connectivity index (χ0v) is 15.6. The fourth-order valence-corrected chi connectivity index (χ4v) is 2.64. The second-order valence-electron chi connectivity index (χ2n) is 6.36. The molecule has 0 aliphatic heterocycles. The van der Waals surface area contributed by atoms with E-state index in [2.05, 4.69) is 0 Å². The Labute approximate surface area is 164 Å². The van der Waals surface area contributed by atoms with Gasteiger partial charge in [-0.25, -0.2) is 4.79 Å². The number of ketones is 1. The maximum absolute atomic E-state index is 12.3. The summed E-state index contributed by atoms with van der Waals surface area (Å²) in [4.78, 5) is 26.3. The molecular weight excluding hydrogens is 350 g/mol. The van der Waals surface area contributed by atoms with E-state index in [1.54, 1.807) is 54.7 Å². The average Bonchev–Trinajstić information content (AvgIpc) is 2.74. The molecule has 3 rings (SSSR count). The summed E-state index contributed by atoms with van der Waals surface area (Å²) >= 11 is 0. The molecule has 0 heterocycles. The van der Waals surface area contributed by atoms with Gasteiger partial charge in [0.25, 0.3) is 0 Å². The lowest BCUT2D eigenvalue weighted by molar-refractivity contribution is 0.0734. The molecule has 4 nitrogen and oxygen atoms in total. The van der Waals surface area contributed by atoms with Crippen LogP contribution in [0.5, 0.6) is 5.75 Å². The first-order valence-corrected chi connectivity index (χ1v) is 8.96. The fourth-order valence-electron chi connectivity index (χ4n) is 2.64. The summed E-state index contributed by atoms with van der Waals surface area (Å²) in [5.41, 5.74) is 2.18. The third kappa shape index (κ3) is 5.42. The predicted molar refractivity (Wildman–Crippen MR) is 109 cm³/mol. The second kappa shape index (κ2) is 9.33. The van der Waals surface area contributed by atoms with E-state index in [0.717, 1.165) is 6.54 Å². The molecule has 0 saturated heterocycles. The molecule has 3 aromatic rings.